The topological polar surface area (TPSA) is 12.5 Å². The molecule has 112 valence electrons. The van der Waals surface area contributed by atoms with Crippen LogP contribution in [-0.2, 0) is 13.1 Å². The molecule has 0 saturated heterocycles. The van der Waals surface area contributed by atoms with Gasteiger partial charge in [0.2, 0.25) is 0 Å². The van der Waals surface area contributed by atoms with Crippen molar-refractivity contribution in [2.75, 3.05) is 7.05 Å². The zero-order chi connectivity index (χ0) is 15.2. The quantitative estimate of drug-likeness (QED) is 0.789. The second kappa shape index (κ2) is 7.18. The van der Waals surface area contributed by atoms with Crippen LogP contribution in [0.4, 0.5) is 8.78 Å². The highest BCUT2D eigenvalue weighted by Gasteiger charge is 2.06. The van der Waals surface area contributed by atoms with Crippen LogP contribution in [0, 0.1) is 6.92 Å². The van der Waals surface area contributed by atoms with E-state index in [1.807, 2.05) is 31.3 Å². The Kier molecular flexibility index (Phi) is 5.28. The van der Waals surface area contributed by atoms with Crippen LogP contribution in [0.1, 0.15) is 16.7 Å². The molecule has 0 aliphatic carbocycles. The van der Waals surface area contributed by atoms with E-state index in [9.17, 15) is 8.78 Å². The zero-order valence-corrected chi connectivity index (χ0v) is 12.2. The Morgan fingerprint density at radius 1 is 1.00 bits per heavy atom. The number of hydrogen-bond acceptors (Lipinski definition) is 2. The number of nitrogens with zero attached hydrogens (tertiary/aromatic N) is 1. The minimum absolute atomic E-state index is 0.190. The molecule has 2 rings (SSSR count). The fourth-order valence-corrected chi connectivity index (χ4v) is 2.22. The van der Waals surface area contributed by atoms with Crippen LogP contribution in [0.5, 0.6) is 5.75 Å². The lowest BCUT2D eigenvalue weighted by Gasteiger charge is -2.18. The molecule has 0 aliphatic rings. The molecule has 0 amide bonds. The maximum atomic E-state index is 12.1. The Balaban J connectivity index is 1.93. The minimum atomic E-state index is -2.78. The number of ether oxygens (including phenoxy) is 1. The average Bonchev–Trinajstić information content (AvgIpc) is 2.43. The third-order valence-electron chi connectivity index (χ3n) is 3.30. The van der Waals surface area contributed by atoms with Crippen molar-refractivity contribution in [1.29, 1.82) is 0 Å². The molecule has 4 heteroatoms. The van der Waals surface area contributed by atoms with Gasteiger partial charge in [0.25, 0.3) is 0 Å². The van der Waals surface area contributed by atoms with Gasteiger partial charge in [-0.3, -0.25) is 4.90 Å². The first-order chi connectivity index (χ1) is 10.0. The Morgan fingerprint density at radius 2 is 1.67 bits per heavy atom. The first-order valence-electron chi connectivity index (χ1n) is 6.81. The standard InChI is InChI=1S/C17H19F2NO/c1-13-5-3-4-6-15(13)12-20(2)11-14-7-9-16(10-8-14)21-17(18)19/h3-10,17H,11-12H2,1-2H3. The summed E-state index contributed by atoms with van der Waals surface area (Å²) in [6.45, 7) is 0.921. The third-order valence-corrected chi connectivity index (χ3v) is 3.30. The SMILES string of the molecule is Cc1ccccc1CN(C)Cc1ccc(OC(F)F)cc1. The molecule has 0 aromatic heterocycles. The molecule has 2 nitrogen and oxygen atoms in total. The van der Waals surface area contributed by atoms with Gasteiger partial charge in [0.05, 0.1) is 0 Å². The van der Waals surface area contributed by atoms with Gasteiger partial charge >= 0.3 is 6.61 Å². The van der Waals surface area contributed by atoms with Crippen LogP contribution in [0.15, 0.2) is 48.5 Å². The molecule has 0 fully saturated rings. The number of aryl methyl sites for hydroxylation is 1. The van der Waals surface area contributed by atoms with Crippen LogP contribution in [0.25, 0.3) is 0 Å². The van der Waals surface area contributed by atoms with E-state index in [2.05, 4.69) is 28.7 Å². The van der Waals surface area contributed by atoms with Crippen molar-refractivity contribution in [3.05, 3.63) is 65.2 Å². The summed E-state index contributed by atoms with van der Waals surface area (Å²) in [5, 5.41) is 0. The number of halogens is 2. The smallest absolute Gasteiger partial charge is 0.387 e. The van der Waals surface area contributed by atoms with E-state index < -0.39 is 6.61 Å². The summed E-state index contributed by atoms with van der Waals surface area (Å²) in [4.78, 5) is 2.19. The van der Waals surface area contributed by atoms with Crippen LogP contribution in [0.2, 0.25) is 0 Å². The molecule has 0 atom stereocenters. The monoisotopic (exact) mass is 291 g/mol. The van der Waals surface area contributed by atoms with Gasteiger partial charge in [-0.2, -0.15) is 8.78 Å². The van der Waals surface area contributed by atoms with Gasteiger partial charge in [-0.05, 0) is 42.8 Å². The highest BCUT2D eigenvalue weighted by molar-refractivity contribution is 5.28. The molecule has 0 spiro atoms. The predicted molar refractivity (Wildman–Crippen MR) is 79.4 cm³/mol. The molecule has 2 aromatic rings. The number of alkyl halides is 2. The lowest BCUT2D eigenvalue weighted by Crippen LogP contribution is -2.17. The summed E-state index contributed by atoms with van der Waals surface area (Å²) >= 11 is 0. The van der Waals surface area contributed by atoms with E-state index in [0.29, 0.717) is 0 Å². The van der Waals surface area contributed by atoms with E-state index in [1.165, 1.54) is 11.1 Å². The van der Waals surface area contributed by atoms with Gasteiger partial charge in [0.1, 0.15) is 5.75 Å². The molecule has 21 heavy (non-hydrogen) atoms. The third kappa shape index (κ3) is 4.83. The largest absolute Gasteiger partial charge is 0.435 e. The molecule has 0 radical (unpaired) electrons. The van der Waals surface area contributed by atoms with Crippen molar-refractivity contribution in [2.24, 2.45) is 0 Å². The van der Waals surface area contributed by atoms with Crippen LogP contribution in [0.3, 0.4) is 0 Å². The Bertz CT molecular complexity index is 569. The first kappa shape index (κ1) is 15.4. The molecule has 0 heterocycles. The van der Waals surface area contributed by atoms with Crippen LogP contribution < -0.4 is 4.74 Å². The predicted octanol–water partition coefficient (Wildman–Crippen LogP) is 4.23. The number of rotatable bonds is 6. The van der Waals surface area contributed by atoms with Crippen molar-refractivity contribution in [3.63, 3.8) is 0 Å². The van der Waals surface area contributed by atoms with Gasteiger partial charge in [-0.1, -0.05) is 36.4 Å². The highest BCUT2D eigenvalue weighted by atomic mass is 19.3. The first-order valence-corrected chi connectivity index (χ1v) is 6.81. The second-order valence-corrected chi connectivity index (χ2v) is 5.12. The summed E-state index contributed by atoms with van der Waals surface area (Å²) in [5.74, 6) is 0.190. The maximum Gasteiger partial charge on any atom is 0.387 e. The zero-order valence-electron chi connectivity index (χ0n) is 12.2. The highest BCUT2D eigenvalue weighted by Crippen LogP contribution is 2.17. The van der Waals surface area contributed by atoms with Crippen molar-refractivity contribution in [2.45, 2.75) is 26.6 Å². The van der Waals surface area contributed by atoms with Crippen molar-refractivity contribution < 1.29 is 13.5 Å². The van der Waals surface area contributed by atoms with Gasteiger partial charge in [0, 0.05) is 13.1 Å². The van der Waals surface area contributed by atoms with Crippen molar-refractivity contribution >= 4 is 0 Å². The average molecular weight is 291 g/mol. The van der Waals surface area contributed by atoms with Crippen LogP contribution in [-0.4, -0.2) is 18.6 Å². The molecule has 2 aromatic carbocycles. The van der Waals surface area contributed by atoms with Crippen molar-refractivity contribution in [1.82, 2.24) is 4.90 Å². The van der Waals surface area contributed by atoms with Gasteiger partial charge in [-0.15, -0.1) is 0 Å². The summed E-state index contributed by atoms with van der Waals surface area (Å²) in [6, 6.07) is 15.0. The summed E-state index contributed by atoms with van der Waals surface area (Å²) in [7, 11) is 2.04. The Labute approximate surface area is 124 Å². The van der Waals surface area contributed by atoms with Crippen molar-refractivity contribution in [3.8, 4) is 5.75 Å². The van der Waals surface area contributed by atoms with E-state index >= 15 is 0 Å². The number of hydrogen-bond donors (Lipinski definition) is 0. The van der Waals surface area contributed by atoms with E-state index in [1.54, 1.807) is 12.1 Å². The summed E-state index contributed by atoms with van der Waals surface area (Å²) < 4.78 is 28.5. The fourth-order valence-electron chi connectivity index (χ4n) is 2.22. The molecule has 0 N–H and O–H groups in total. The lowest BCUT2D eigenvalue weighted by molar-refractivity contribution is -0.0498. The lowest BCUT2D eigenvalue weighted by atomic mass is 10.1. The number of benzene rings is 2. The molecule has 0 aliphatic heterocycles. The van der Waals surface area contributed by atoms with Gasteiger partial charge < -0.3 is 4.74 Å². The second-order valence-electron chi connectivity index (χ2n) is 5.12. The molecular formula is C17H19F2NO. The van der Waals surface area contributed by atoms with E-state index in [4.69, 9.17) is 0 Å². The van der Waals surface area contributed by atoms with Gasteiger partial charge in [-0.25, -0.2) is 0 Å². The van der Waals surface area contributed by atoms with E-state index in [-0.39, 0.29) is 5.75 Å². The molecule has 0 unspecified atom stereocenters. The fraction of sp³-hybridized carbons (Fsp3) is 0.294. The molecular weight excluding hydrogens is 272 g/mol. The van der Waals surface area contributed by atoms with Gasteiger partial charge in [0.15, 0.2) is 0 Å². The van der Waals surface area contributed by atoms with Crippen LogP contribution >= 0.6 is 0 Å². The Hall–Kier alpha value is -1.94. The minimum Gasteiger partial charge on any atom is -0.435 e. The summed E-state index contributed by atoms with van der Waals surface area (Å²) in [6.07, 6.45) is 0. The molecule has 0 bridgehead atoms. The normalized spacial score (nSPS) is 11.1. The molecule has 0 saturated carbocycles. The maximum absolute atomic E-state index is 12.1. The Morgan fingerprint density at radius 3 is 2.29 bits per heavy atom. The van der Waals surface area contributed by atoms with E-state index in [0.717, 1.165) is 18.7 Å². The summed E-state index contributed by atoms with van der Waals surface area (Å²) in [5.41, 5.74) is 3.62.